The fourth-order valence-electron chi connectivity index (χ4n) is 0.904. The van der Waals surface area contributed by atoms with Gasteiger partial charge in [-0.3, -0.25) is 0 Å². The zero-order valence-corrected chi connectivity index (χ0v) is 6.79. The summed E-state index contributed by atoms with van der Waals surface area (Å²) in [4.78, 5) is 3.96. The summed E-state index contributed by atoms with van der Waals surface area (Å²) in [5, 5.41) is 0. The van der Waals surface area contributed by atoms with E-state index in [4.69, 9.17) is 10.5 Å². The summed E-state index contributed by atoms with van der Waals surface area (Å²) in [6.07, 6.45) is 2.53. The van der Waals surface area contributed by atoms with Crippen LogP contribution >= 0.6 is 0 Å². The minimum absolute atomic E-state index is 0.621. The van der Waals surface area contributed by atoms with Crippen LogP contribution in [0.3, 0.4) is 0 Å². The summed E-state index contributed by atoms with van der Waals surface area (Å²) in [5.74, 6) is 0.621. The summed E-state index contributed by atoms with van der Waals surface area (Å²) in [6, 6.07) is 1.86. The fraction of sp³-hybridized carbons (Fsp3) is 0.375. The summed E-state index contributed by atoms with van der Waals surface area (Å²) in [5.41, 5.74) is 7.45. The lowest BCUT2D eigenvalue weighted by atomic mass is 10.2. The summed E-state index contributed by atoms with van der Waals surface area (Å²) < 4.78 is 4.94. The largest absolute Gasteiger partial charge is 0.481 e. The molecule has 1 heterocycles. The number of hydrogen-bond acceptors (Lipinski definition) is 3. The first-order valence-electron chi connectivity index (χ1n) is 3.56. The third-order valence-electron chi connectivity index (χ3n) is 1.59. The Morgan fingerprint density at radius 2 is 2.36 bits per heavy atom. The topological polar surface area (TPSA) is 48.1 Å². The number of ether oxygens (including phenoxy) is 1. The predicted molar refractivity (Wildman–Crippen MR) is 44.6 cm³/mol. The zero-order valence-electron chi connectivity index (χ0n) is 6.79. The van der Waals surface area contributed by atoms with Gasteiger partial charge in [-0.15, -0.1) is 0 Å². The minimum atomic E-state index is 0.621. The van der Waals surface area contributed by atoms with Crippen molar-refractivity contribution in [3.8, 4) is 5.88 Å². The average Bonchev–Trinajstić information content (AvgIpc) is 2.05. The van der Waals surface area contributed by atoms with Gasteiger partial charge >= 0.3 is 0 Å². The quantitative estimate of drug-likeness (QED) is 0.693. The van der Waals surface area contributed by atoms with Crippen LogP contribution in [-0.4, -0.2) is 12.1 Å². The van der Waals surface area contributed by atoms with Crippen LogP contribution in [0, 0.1) is 0 Å². The van der Waals surface area contributed by atoms with Gasteiger partial charge in [0.05, 0.1) is 19.0 Å². The molecule has 0 aromatic carbocycles. The molecule has 1 aromatic heterocycles. The number of nitrogen functional groups attached to an aromatic ring is 1. The van der Waals surface area contributed by atoms with Crippen LogP contribution in [0.5, 0.6) is 5.88 Å². The number of anilines is 1. The first-order valence-corrected chi connectivity index (χ1v) is 3.56. The molecule has 0 atom stereocenters. The molecule has 3 heteroatoms. The third kappa shape index (κ3) is 1.61. The molecule has 0 amide bonds. The van der Waals surface area contributed by atoms with Gasteiger partial charge in [0, 0.05) is 6.07 Å². The maximum atomic E-state index is 5.64. The Bertz CT molecular complexity index is 248. The van der Waals surface area contributed by atoms with Crippen LogP contribution in [0.2, 0.25) is 0 Å². The van der Waals surface area contributed by atoms with E-state index in [1.807, 2.05) is 13.0 Å². The molecule has 1 aromatic rings. The molecule has 0 aliphatic carbocycles. The highest BCUT2D eigenvalue weighted by molar-refractivity contribution is 5.46. The molecule has 0 aliphatic rings. The number of aryl methyl sites for hydroxylation is 1. The van der Waals surface area contributed by atoms with Crippen molar-refractivity contribution in [1.29, 1.82) is 0 Å². The molecule has 0 spiro atoms. The number of hydrogen-bond donors (Lipinski definition) is 1. The lowest BCUT2D eigenvalue weighted by Gasteiger charge is -2.03. The van der Waals surface area contributed by atoms with E-state index in [1.54, 1.807) is 13.3 Å². The Hall–Kier alpha value is -1.25. The SMILES string of the molecule is CCc1cc(OC)ncc1N. The Kier molecular flexibility index (Phi) is 2.31. The molecular formula is C8H12N2O. The van der Waals surface area contributed by atoms with Gasteiger partial charge in [0.1, 0.15) is 0 Å². The van der Waals surface area contributed by atoms with Gasteiger partial charge in [-0.1, -0.05) is 6.92 Å². The van der Waals surface area contributed by atoms with E-state index in [0.717, 1.165) is 17.7 Å². The van der Waals surface area contributed by atoms with Crippen LogP contribution in [0.1, 0.15) is 12.5 Å². The van der Waals surface area contributed by atoms with Gasteiger partial charge in [0.2, 0.25) is 5.88 Å². The predicted octanol–water partition coefficient (Wildman–Crippen LogP) is 1.23. The molecular weight excluding hydrogens is 140 g/mol. The number of nitrogens with two attached hydrogens (primary N) is 1. The van der Waals surface area contributed by atoms with Crippen molar-refractivity contribution < 1.29 is 4.74 Å². The smallest absolute Gasteiger partial charge is 0.213 e. The number of nitrogens with zero attached hydrogens (tertiary/aromatic N) is 1. The van der Waals surface area contributed by atoms with Crippen LogP contribution < -0.4 is 10.5 Å². The maximum Gasteiger partial charge on any atom is 0.213 e. The van der Waals surface area contributed by atoms with Crippen molar-refractivity contribution in [1.82, 2.24) is 4.98 Å². The zero-order chi connectivity index (χ0) is 8.27. The third-order valence-corrected chi connectivity index (χ3v) is 1.59. The van der Waals surface area contributed by atoms with Crippen molar-refractivity contribution in [2.45, 2.75) is 13.3 Å². The molecule has 3 nitrogen and oxygen atoms in total. The minimum Gasteiger partial charge on any atom is -0.481 e. The van der Waals surface area contributed by atoms with Crippen molar-refractivity contribution in [3.63, 3.8) is 0 Å². The highest BCUT2D eigenvalue weighted by atomic mass is 16.5. The van der Waals surface area contributed by atoms with Gasteiger partial charge in [0.15, 0.2) is 0 Å². The van der Waals surface area contributed by atoms with Gasteiger partial charge in [-0.05, 0) is 12.0 Å². The second kappa shape index (κ2) is 3.23. The lowest BCUT2D eigenvalue weighted by Crippen LogP contribution is -1.96. The Morgan fingerprint density at radius 1 is 1.64 bits per heavy atom. The second-order valence-corrected chi connectivity index (χ2v) is 2.28. The number of rotatable bonds is 2. The Labute approximate surface area is 66.2 Å². The van der Waals surface area contributed by atoms with E-state index in [2.05, 4.69) is 4.98 Å². The lowest BCUT2D eigenvalue weighted by molar-refractivity contribution is 0.397. The van der Waals surface area contributed by atoms with E-state index >= 15 is 0 Å². The highest BCUT2D eigenvalue weighted by Gasteiger charge is 1.98. The Balaban J connectivity index is 3.02. The molecule has 0 fully saturated rings. The van der Waals surface area contributed by atoms with Gasteiger partial charge < -0.3 is 10.5 Å². The second-order valence-electron chi connectivity index (χ2n) is 2.28. The van der Waals surface area contributed by atoms with Crippen LogP contribution in [0.15, 0.2) is 12.3 Å². The Morgan fingerprint density at radius 3 is 2.91 bits per heavy atom. The monoisotopic (exact) mass is 152 g/mol. The molecule has 0 aliphatic heterocycles. The normalized spacial score (nSPS) is 9.64. The van der Waals surface area contributed by atoms with E-state index in [1.165, 1.54) is 0 Å². The maximum absolute atomic E-state index is 5.64. The van der Waals surface area contributed by atoms with Gasteiger partial charge in [-0.25, -0.2) is 4.98 Å². The summed E-state index contributed by atoms with van der Waals surface area (Å²) >= 11 is 0. The molecule has 0 bridgehead atoms. The van der Waals surface area contributed by atoms with E-state index < -0.39 is 0 Å². The van der Waals surface area contributed by atoms with Gasteiger partial charge in [-0.2, -0.15) is 0 Å². The molecule has 1 rings (SSSR count). The van der Waals surface area contributed by atoms with Crippen molar-refractivity contribution in [2.75, 3.05) is 12.8 Å². The van der Waals surface area contributed by atoms with E-state index in [0.29, 0.717) is 5.88 Å². The molecule has 0 unspecified atom stereocenters. The number of pyridine rings is 1. The first-order chi connectivity index (χ1) is 5.27. The summed E-state index contributed by atoms with van der Waals surface area (Å²) in [7, 11) is 1.60. The summed E-state index contributed by atoms with van der Waals surface area (Å²) in [6.45, 7) is 2.05. The molecule has 0 saturated heterocycles. The number of aromatic nitrogens is 1. The van der Waals surface area contributed by atoms with E-state index in [-0.39, 0.29) is 0 Å². The van der Waals surface area contributed by atoms with E-state index in [9.17, 15) is 0 Å². The molecule has 2 N–H and O–H groups in total. The van der Waals surface area contributed by atoms with Gasteiger partial charge in [0.25, 0.3) is 0 Å². The van der Waals surface area contributed by atoms with Crippen LogP contribution in [0.25, 0.3) is 0 Å². The van der Waals surface area contributed by atoms with Crippen molar-refractivity contribution in [3.05, 3.63) is 17.8 Å². The standard InChI is InChI=1S/C8H12N2O/c1-3-6-4-8(11-2)10-5-7(6)9/h4-5H,3,9H2,1-2H3. The van der Waals surface area contributed by atoms with Crippen molar-refractivity contribution >= 4 is 5.69 Å². The molecule has 60 valence electrons. The molecule has 0 saturated carbocycles. The molecule has 0 radical (unpaired) electrons. The fourth-order valence-corrected chi connectivity index (χ4v) is 0.904. The molecule has 11 heavy (non-hydrogen) atoms. The average molecular weight is 152 g/mol. The van der Waals surface area contributed by atoms with Crippen LogP contribution in [-0.2, 0) is 6.42 Å². The first kappa shape index (κ1) is 7.85. The highest BCUT2D eigenvalue weighted by Crippen LogP contribution is 2.15. The van der Waals surface area contributed by atoms with Crippen LogP contribution in [0.4, 0.5) is 5.69 Å². The van der Waals surface area contributed by atoms with Crippen molar-refractivity contribution in [2.24, 2.45) is 0 Å². The number of methoxy groups -OCH3 is 1.